The van der Waals surface area contributed by atoms with Crippen molar-refractivity contribution in [3.05, 3.63) is 65.5 Å². The minimum absolute atomic E-state index is 0.211. The standard InChI is InChI=1S/C26H25F8NO4S/c1-22(37)10-12-35(13-11-22)21(36)16-14-23(15-16,40(38,39)20-8-6-19(27)7-9-20)17-2-4-18(5-3-17)24(28,25(29,30)31)26(32,33)34/h2-9,16,37H,10-15H2,1H3. The first-order valence-corrected chi connectivity index (χ1v) is 13.7. The second kappa shape index (κ2) is 9.68. The Morgan fingerprint density at radius 2 is 1.35 bits per heavy atom. The van der Waals surface area contributed by atoms with Crippen molar-refractivity contribution in [1.29, 1.82) is 0 Å². The first-order valence-electron chi connectivity index (χ1n) is 12.2. The number of halogens is 8. The third-order valence-electron chi connectivity index (χ3n) is 7.88. The molecule has 1 amide bonds. The molecule has 14 heteroatoms. The Kier molecular flexibility index (Phi) is 7.31. The third-order valence-corrected chi connectivity index (χ3v) is 10.4. The molecule has 4 rings (SSSR count). The average Bonchev–Trinajstić information content (AvgIpc) is 2.82. The minimum Gasteiger partial charge on any atom is -0.390 e. The number of sulfone groups is 1. The summed E-state index contributed by atoms with van der Waals surface area (Å²) < 4.78 is 133. The monoisotopic (exact) mass is 599 g/mol. The quantitative estimate of drug-likeness (QED) is 0.361. The van der Waals surface area contributed by atoms with E-state index < -0.39 is 61.4 Å². The highest BCUT2D eigenvalue weighted by Gasteiger charge is 2.73. The van der Waals surface area contributed by atoms with Crippen molar-refractivity contribution in [1.82, 2.24) is 4.90 Å². The molecule has 0 spiro atoms. The Hall–Kier alpha value is -2.74. The highest BCUT2D eigenvalue weighted by molar-refractivity contribution is 7.92. The molecule has 1 saturated carbocycles. The largest absolute Gasteiger partial charge is 0.435 e. The van der Waals surface area contributed by atoms with Crippen LogP contribution in [0, 0.1) is 11.7 Å². The number of likely N-dealkylation sites (tertiary alicyclic amines) is 1. The summed E-state index contributed by atoms with van der Waals surface area (Å²) in [6.07, 6.45) is -12.9. The molecule has 1 aliphatic carbocycles. The van der Waals surface area contributed by atoms with Gasteiger partial charge in [-0.15, -0.1) is 0 Å². The smallest absolute Gasteiger partial charge is 0.390 e. The fourth-order valence-corrected chi connectivity index (χ4v) is 7.55. The number of hydrogen-bond donors (Lipinski definition) is 1. The molecule has 1 aliphatic heterocycles. The van der Waals surface area contributed by atoms with Crippen LogP contribution in [-0.2, 0) is 25.0 Å². The Labute approximate surface area is 224 Å². The van der Waals surface area contributed by atoms with Crippen LogP contribution in [-0.4, -0.2) is 55.4 Å². The topological polar surface area (TPSA) is 74.7 Å². The average molecular weight is 600 g/mol. The van der Waals surface area contributed by atoms with Gasteiger partial charge in [0.25, 0.3) is 0 Å². The number of amides is 1. The van der Waals surface area contributed by atoms with E-state index in [0.29, 0.717) is 12.1 Å². The summed E-state index contributed by atoms with van der Waals surface area (Å²) in [5.74, 6) is -2.02. The van der Waals surface area contributed by atoms with E-state index in [2.05, 4.69) is 0 Å². The van der Waals surface area contributed by atoms with Crippen LogP contribution in [0.25, 0.3) is 0 Å². The molecule has 5 nitrogen and oxygen atoms in total. The van der Waals surface area contributed by atoms with Crippen molar-refractivity contribution in [3.8, 4) is 0 Å². The SMILES string of the molecule is CC1(O)CCN(C(=O)C2CC(c3ccc(C(F)(C(F)(F)F)C(F)(F)F)cc3)(S(=O)(=O)c3ccc(F)cc3)C2)CC1. The zero-order valence-corrected chi connectivity index (χ0v) is 21.8. The first kappa shape index (κ1) is 30.2. The summed E-state index contributed by atoms with van der Waals surface area (Å²) in [6.45, 7) is 2.04. The van der Waals surface area contributed by atoms with Gasteiger partial charge in [0.1, 0.15) is 10.6 Å². The fraction of sp³-hybridized carbons (Fsp3) is 0.500. The molecule has 0 bridgehead atoms. The van der Waals surface area contributed by atoms with E-state index in [1.807, 2.05) is 0 Å². The van der Waals surface area contributed by atoms with Gasteiger partial charge < -0.3 is 10.0 Å². The molecule has 0 atom stereocenters. The molecule has 2 aromatic carbocycles. The van der Waals surface area contributed by atoms with Crippen molar-refractivity contribution in [2.75, 3.05) is 13.1 Å². The number of carbonyl (C=O) groups excluding carboxylic acids is 1. The van der Waals surface area contributed by atoms with E-state index >= 15 is 0 Å². The lowest BCUT2D eigenvalue weighted by molar-refractivity contribution is -0.348. The molecule has 2 aliphatic rings. The first-order chi connectivity index (χ1) is 18.3. The molecule has 1 heterocycles. The van der Waals surface area contributed by atoms with E-state index in [4.69, 9.17) is 0 Å². The predicted molar refractivity (Wildman–Crippen MR) is 126 cm³/mol. The van der Waals surface area contributed by atoms with Gasteiger partial charge in [-0.25, -0.2) is 17.2 Å². The highest BCUT2D eigenvalue weighted by atomic mass is 32.2. The van der Waals surface area contributed by atoms with Gasteiger partial charge in [0, 0.05) is 24.6 Å². The molecule has 0 unspecified atom stereocenters. The molecule has 1 N–H and O–H groups in total. The molecule has 0 aromatic heterocycles. The molecule has 2 aromatic rings. The zero-order valence-electron chi connectivity index (χ0n) is 21.0. The minimum atomic E-state index is -6.35. The molecule has 1 saturated heterocycles. The summed E-state index contributed by atoms with van der Waals surface area (Å²) in [5, 5.41) is 10.1. The molecule has 220 valence electrons. The van der Waals surface area contributed by atoms with Crippen molar-refractivity contribution in [2.24, 2.45) is 5.92 Å². The number of piperidine rings is 1. The lowest BCUT2D eigenvalue weighted by atomic mass is 9.69. The van der Waals surface area contributed by atoms with E-state index in [9.17, 15) is 53.4 Å². The summed E-state index contributed by atoms with van der Waals surface area (Å²) in [5.41, 5.74) is -8.68. The van der Waals surface area contributed by atoms with Gasteiger partial charge in [0.2, 0.25) is 5.91 Å². The van der Waals surface area contributed by atoms with Crippen LogP contribution in [0.15, 0.2) is 53.4 Å². The third kappa shape index (κ3) is 4.86. The Morgan fingerprint density at radius 3 is 1.80 bits per heavy atom. The number of rotatable bonds is 5. The number of alkyl halides is 7. The van der Waals surface area contributed by atoms with E-state index in [-0.39, 0.29) is 61.4 Å². The van der Waals surface area contributed by atoms with Crippen LogP contribution in [0.2, 0.25) is 0 Å². The van der Waals surface area contributed by atoms with Crippen molar-refractivity contribution >= 4 is 15.7 Å². The summed E-state index contributed by atoms with van der Waals surface area (Å²) in [7, 11) is -4.47. The van der Waals surface area contributed by atoms with E-state index in [1.165, 1.54) is 4.90 Å². The van der Waals surface area contributed by atoms with Gasteiger partial charge >= 0.3 is 18.0 Å². The van der Waals surface area contributed by atoms with Gasteiger partial charge in [0.05, 0.1) is 10.5 Å². The molecular weight excluding hydrogens is 574 g/mol. The Balaban J connectivity index is 1.72. The van der Waals surface area contributed by atoms with Gasteiger partial charge in [0.15, 0.2) is 9.84 Å². The van der Waals surface area contributed by atoms with E-state index in [1.54, 1.807) is 6.92 Å². The second-order valence-corrected chi connectivity index (χ2v) is 12.9. The molecule has 2 fully saturated rings. The fourth-order valence-electron chi connectivity index (χ4n) is 5.32. The van der Waals surface area contributed by atoms with Crippen molar-refractivity contribution in [2.45, 2.75) is 65.9 Å². The lowest BCUT2D eigenvalue weighted by Crippen LogP contribution is -2.55. The maximum absolute atomic E-state index is 14.6. The number of nitrogens with zero attached hydrogens (tertiary/aromatic N) is 1. The highest BCUT2D eigenvalue weighted by Crippen LogP contribution is 2.56. The van der Waals surface area contributed by atoms with Gasteiger partial charge in [-0.05, 0) is 62.4 Å². The van der Waals surface area contributed by atoms with Gasteiger partial charge in [-0.3, -0.25) is 4.79 Å². The maximum Gasteiger partial charge on any atom is 0.435 e. The normalized spacial score (nSPS) is 23.9. The number of aliphatic hydroxyl groups is 1. The zero-order chi connectivity index (χ0) is 29.9. The Morgan fingerprint density at radius 1 is 0.875 bits per heavy atom. The van der Waals surface area contributed by atoms with Gasteiger partial charge in [-0.1, -0.05) is 24.3 Å². The summed E-state index contributed by atoms with van der Waals surface area (Å²) in [4.78, 5) is 14.2. The number of carbonyl (C=O) groups is 1. The van der Waals surface area contributed by atoms with Crippen LogP contribution >= 0.6 is 0 Å². The maximum atomic E-state index is 14.6. The van der Waals surface area contributed by atoms with Crippen LogP contribution in [0.1, 0.15) is 43.7 Å². The van der Waals surface area contributed by atoms with Crippen LogP contribution in [0.4, 0.5) is 35.1 Å². The predicted octanol–water partition coefficient (Wildman–Crippen LogP) is 5.57. The summed E-state index contributed by atoms with van der Waals surface area (Å²) >= 11 is 0. The van der Waals surface area contributed by atoms with Crippen LogP contribution in [0.5, 0.6) is 0 Å². The van der Waals surface area contributed by atoms with Crippen molar-refractivity contribution < 1.29 is 53.4 Å². The molecule has 0 radical (unpaired) electrons. The van der Waals surface area contributed by atoms with Gasteiger partial charge in [-0.2, -0.15) is 26.3 Å². The molecule has 40 heavy (non-hydrogen) atoms. The second-order valence-electron chi connectivity index (χ2n) is 10.6. The number of benzene rings is 2. The number of hydrogen-bond acceptors (Lipinski definition) is 4. The summed E-state index contributed by atoms with van der Waals surface area (Å²) in [6, 6.07) is 5.50. The van der Waals surface area contributed by atoms with E-state index in [0.717, 1.165) is 24.3 Å². The van der Waals surface area contributed by atoms with Crippen molar-refractivity contribution in [3.63, 3.8) is 0 Å². The van der Waals surface area contributed by atoms with Crippen LogP contribution < -0.4 is 0 Å². The Bertz CT molecular complexity index is 1340. The molecular formula is C26H25F8NO4S. The van der Waals surface area contributed by atoms with Crippen LogP contribution in [0.3, 0.4) is 0 Å². The lowest BCUT2D eigenvalue weighted by Gasteiger charge is -2.48.